The van der Waals surface area contributed by atoms with E-state index < -0.39 is 0 Å². The second kappa shape index (κ2) is 6.39. The van der Waals surface area contributed by atoms with E-state index in [4.69, 9.17) is 4.74 Å². The lowest BCUT2D eigenvalue weighted by Gasteiger charge is -2.06. The molecule has 0 aliphatic rings. The highest BCUT2D eigenvalue weighted by molar-refractivity contribution is 9.10. The van der Waals surface area contributed by atoms with E-state index in [0.29, 0.717) is 16.9 Å². The van der Waals surface area contributed by atoms with Gasteiger partial charge >= 0.3 is 0 Å². The summed E-state index contributed by atoms with van der Waals surface area (Å²) in [6.07, 6.45) is 3.12. The van der Waals surface area contributed by atoms with Crippen molar-refractivity contribution in [3.8, 4) is 11.5 Å². The molecular weight excluding hydrogens is 320 g/mol. The average molecular weight is 333 g/mol. The van der Waals surface area contributed by atoms with Gasteiger partial charge in [-0.1, -0.05) is 46.3 Å². The Morgan fingerprint density at radius 2 is 1.95 bits per heavy atom. The molecule has 2 aromatic carbocycles. The largest absolute Gasteiger partial charge is 0.504 e. The summed E-state index contributed by atoms with van der Waals surface area (Å²) < 4.78 is 5.74. The van der Waals surface area contributed by atoms with Crippen LogP contribution in [0.2, 0.25) is 0 Å². The zero-order valence-corrected chi connectivity index (χ0v) is 12.4. The number of aromatic hydroxyl groups is 1. The predicted octanol–water partition coefficient (Wildman–Crippen LogP) is 4.06. The third kappa shape index (κ3) is 3.27. The normalized spacial score (nSPS) is 10.7. The molecule has 20 heavy (non-hydrogen) atoms. The number of phenolic OH excluding ortho intramolecular Hbond substituents is 1. The topological polar surface area (TPSA) is 46.5 Å². The van der Waals surface area contributed by atoms with E-state index in [1.807, 2.05) is 18.2 Å². The molecule has 0 aromatic heterocycles. The Morgan fingerprint density at radius 1 is 1.25 bits per heavy atom. The molecule has 0 unspecified atom stereocenters. The van der Waals surface area contributed by atoms with Crippen molar-refractivity contribution in [1.82, 2.24) is 0 Å². The molecule has 0 atom stereocenters. The van der Waals surface area contributed by atoms with Crippen LogP contribution in [-0.2, 0) is 0 Å². The Hall–Kier alpha value is -2.07. The monoisotopic (exact) mass is 332 g/mol. The first-order valence-corrected chi connectivity index (χ1v) is 6.75. The number of allylic oxidation sites excluding steroid dienone is 1. The van der Waals surface area contributed by atoms with Crippen LogP contribution in [0.15, 0.2) is 53.0 Å². The average Bonchev–Trinajstić information content (AvgIpc) is 2.48. The lowest BCUT2D eigenvalue weighted by Crippen LogP contribution is -1.93. The van der Waals surface area contributed by atoms with E-state index >= 15 is 0 Å². The van der Waals surface area contributed by atoms with Gasteiger partial charge in [0.05, 0.1) is 7.11 Å². The van der Waals surface area contributed by atoms with Gasteiger partial charge in [-0.25, -0.2) is 0 Å². The van der Waals surface area contributed by atoms with E-state index in [-0.39, 0.29) is 11.5 Å². The molecule has 0 bridgehead atoms. The Morgan fingerprint density at radius 3 is 2.60 bits per heavy atom. The second-order valence-electron chi connectivity index (χ2n) is 4.11. The smallest absolute Gasteiger partial charge is 0.185 e. The SMILES string of the molecule is COc1cc(Br)c(/C=C/C(=O)c2ccccc2)cc1O. The van der Waals surface area contributed by atoms with Crippen LogP contribution in [0, 0.1) is 0 Å². The quantitative estimate of drug-likeness (QED) is 0.678. The van der Waals surface area contributed by atoms with Gasteiger partial charge in [-0.15, -0.1) is 0 Å². The minimum atomic E-state index is -0.0900. The van der Waals surface area contributed by atoms with Crippen LogP contribution in [-0.4, -0.2) is 18.0 Å². The Labute approximate surface area is 125 Å². The molecule has 0 amide bonds. The first-order chi connectivity index (χ1) is 9.61. The summed E-state index contributed by atoms with van der Waals surface area (Å²) in [5.41, 5.74) is 1.32. The van der Waals surface area contributed by atoms with Gasteiger partial charge in [0.15, 0.2) is 17.3 Å². The second-order valence-corrected chi connectivity index (χ2v) is 4.96. The molecule has 102 valence electrons. The number of rotatable bonds is 4. The minimum absolute atomic E-state index is 0.0301. The minimum Gasteiger partial charge on any atom is -0.504 e. The van der Waals surface area contributed by atoms with Gasteiger partial charge in [0, 0.05) is 10.0 Å². The van der Waals surface area contributed by atoms with Crippen LogP contribution >= 0.6 is 15.9 Å². The highest BCUT2D eigenvalue weighted by atomic mass is 79.9. The van der Waals surface area contributed by atoms with E-state index in [0.717, 1.165) is 4.47 Å². The van der Waals surface area contributed by atoms with Crippen LogP contribution < -0.4 is 4.74 Å². The molecule has 0 aliphatic heterocycles. The highest BCUT2D eigenvalue weighted by Crippen LogP contribution is 2.33. The maximum absolute atomic E-state index is 11.9. The van der Waals surface area contributed by atoms with Crippen molar-refractivity contribution in [3.63, 3.8) is 0 Å². The summed E-state index contributed by atoms with van der Waals surface area (Å²) in [5, 5.41) is 9.73. The van der Waals surface area contributed by atoms with E-state index in [1.165, 1.54) is 19.3 Å². The zero-order valence-electron chi connectivity index (χ0n) is 10.8. The van der Waals surface area contributed by atoms with Crippen molar-refractivity contribution < 1.29 is 14.6 Å². The van der Waals surface area contributed by atoms with Crippen molar-refractivity contribution in [2.75, 3.05) is 7.11 Å². The molecule has 0 saturated heterocycles. The molecule has 0 fully saturated rings. The molecule has 4 heteroatoms. The maximum atomic E-state index is 11.9. The maximum Gasteiger partial charge on any atom is 0.185 e. The third-order valence-electron chi connectivity index (χ3n) is 2.77. The van der Waals surface area contributed by atoms with Gasteiger partial charge in [0.2, 0.25) is 0 Å². The number of ketones is 1. The molecule has 2 rings (SSSR count). The fourth-order valence-electron chi connectivity index (χ4n) is 1.72. The lowest BCUT2D eigenvalue weighted by atomic mass is 10.1. The number of phenols is 1. The number of halogens is 1. The Bertz CT molecular complexity index is 648. The predicted molar refractivity (Wildman–Crippen MR) is 82.2 cm³/mol. The zero-order chi connectivity index (χ0) is 14.5. The summed E-state index contributed by atoms with van der Waals surface area (Å²) in [6.45, 7) is 0. The summed E-state index contributed by atoms with van der Waals surface area (Å²) in [4.78, 5) is 11.9. The molecule has 0 heterocycles. The highest BCUT2D eigenvalue weighted by Gasteiger charge is 2.07. The van der Waals surface area contributed by atoms with Crippen LogP contribution in [0.1, 0.15) is 15.9 Å². The molecule has 0 radical (unpaired) electrons. The lowest BCUT2D eigenvalue weighted by molar-refractivity contribution is 0.104. The molecular formula is C16H13BrO3. The molecule has 0 spiro atoms. The van der Waals surface area contributed by atoms with Crippen LogP contribution in [0.3, 0.4) is 0 Å². The van der Waals surface area contributed by atoms with Gasteiger partial charge in [0.25, 0.3) is 0 Å². The molecule has 0 aliphatic carbocycles. The van der Waals surface area contributed by atoms with Crippen molar-refractivity contribution in [1.29, 1.82) is 0 Å². The first-order valence-electron chi connectivity index (χ1n) is 5.96. The summed E-state index contributed by atoms with van der Waals surface area (Å²) in [6, 6.07) is 12.2. The molecule has 3 nitrogen and oxygen atoms in total. The van der Waals surface area contributed by atoms with Gasteiger partial charge in [-0.05, 0) is 29.8 Å². The number of hydrogen-bond acceptors (Lipinski definition) is 3. The third-order valence-corrected chi connectivity index (χ3v) is 3.46. The van der Waals surface area contributed by atoms with Gasteiger partial charge in [-0.2, -0.15) is 0 Å². The fraction of sp³-hybridized carbons (Fsp3) is 0.0625. The van der Waals surface area contributed by atoms with Crippen LogP contribution in [0.5, 0.6) is 11.5 Å². The van der Waals surface area contributed by atoms with E-state index in [1.54, 1.807) is 24.3 Å². The molecule has 2 aromatic rings. The first kappa shape index (κ1) is 14.3. The number of carbonyl (C=O) groups is 1. The number of carbonyl (C=O) groups excluding carboxylic acids is 1. The van der Waals surface area contributed by atoms with E-state index in [2.05, 4.69) is 15.9 Å². The number of methoxy groups -OCH3 is 1. The van der Waals surface area contributed by atoms with Crippen molar-refractivity contribution in [3.05, 3.63) is 64.1 Å². The summed E-state index contributed by atoms with van der Waals surface area (Å²) >= 11 is 3.37. The van der Waals surface area contributed by atoms with Gasteiger partial charge in [0.1, 0.15) is 0 Å². The van der Waals surface area contributed by atoms with Crippen molar-refractivity contribution in [2.24, 2.45) is 0 Å². The fourth-order valence-corrected chi connectivity index (χ4v) is 2.17. The molecule has 1 N–H and O–H groups in total. The summed E-state index contributed by atoms with van der Waals surface area (Å²) in [5.74, 6) is 0.318. The van der Waals surface area contributed by atoms with Crippen molar-refractivity contribution >= 4 is 27.8 Å². The van der Waals surface area contributed by atoms with Crippen molar-refractivity contribution in [2.45, 2.75) is 0 Å². The van der Waals surface area contributed by atoms with Gasteiger partial charge < -0.3 is 9.84 Å². The number of ether oxygens (including phenoxy) is 1. The Kier molecular flexibility index (Phi) is 4.58. The number of benzene rings is 2. The molecule has 0 saturated carbocycles. The standard InChI is InChI=1S/C16H13BrO3/c1-20-16-10-13(17)12(9-15(16)19)7-8-14(18)11-5-3-2-4-6-11/h2-10,19H,1H3/b8-7+. The van der Waals surface area contributed by atoms with Crippen LogP contribution in [0.4, 0.5) is 0 Å². The van der Waals surface area contributed by atoms with Gasteiger partial charge in [-0.3, -0.25) is 4.79 Å². The van der Waals surface area contributed by atoms with Crippen LogP contribution in [0.25, 0.3) is 6.08 Å². The number of hydrogen-bond donors (Lipinski definition) is 1. The van der Waals surface area contributed by atoms with E-state index in [9.17, 15) is 9.90 Å². The summed E-state index contributed by atoms with van der Waals surface area (Å²) in [7, 11) is 1.48. The Balaban J connectivity index is 2.24.